The van der Waals surface area contributed by atoms with Gasteiger partial charge in [-0.15, -0.1) is 0 Å². The van der Waals surface area contributed by atoms with Gasteiger partial charge in [-0.25, -0.2) is 19.3 Å². The molecule has 3 rings (SSSR count). The van der Waals surface area contributed by atoms with E-state index >= 15 is 0 Å². The molecule has 2 aromatic rings. The Labute approximate surface area is 110 Å². The fourth-order valence-corrected chi connectivity index (χ4v) is 2.56. The van der Waals surface area contributed by atoms with Gasteiger partial charge in [0.15, 0.2) is 5.65 Å². The van der Waals surface area contributed by atoms with Gasteiger partial charge < -0.3 is 10.2 Å². The van der Waals surface area contributed by atoms with Crippen LogP contribution in [-0.4, -0.2) is 50.2 Å². The Morgan fingerprint density at radius 1 is 1.58 bits per heavy atom. The summed E-state index contributed by atoms with van der Waals surface area (Å²) in [6.45, 7) is 5.48. The zero-order valence-electron chi connectivity index (χ0n) is 11.0. The number of aromatic nitrogens is 4. The molecule has 2 aromatic heterocycles. The number of piperidine rings is 1. The second-order valence-corrected chi connectivity index (χ2v) is 4.91. The summed E-state index contributed by atoms with van der Waals surface area (Å²) in [6.07, 6.45) is 3.86. The van der Waals surface area contributed by atoms with Crippen molar-refractivity contribution in [3.8, 4) is 0 Å². The number of rotatable bonds is 3. The SMILES string of the molecule is CCN1CCCC(Nc2cc3n[nH]c(=O)n3cn2)C1. The minimum atomic E-state index is -0.260. The highest BCUT2D eigenvalue weighted by Crippen LogP contribution is 2.14. The number of hydrogen-bond acceptors (Lipinski definition) is 5. The zero-order chi connectivity index (χ0) is 13.2. The highest BCUT2D eigenvalue weighted by molar-refractivity contribution is 5.48. The summed E-state index contributed by atoms with van der Waals surface area (Å²) in [7, 11) is 0. The summed E-state index contributed by atoms with van der Waals surface area (Å²) in [5.41, 5.74) is 0.328. The van der Waals surface area contributed by atoms with E-state index in [9.17, 15) is 4.79 Å². The van der Waals surface area contributed by atoms with Crippen LogP contribution in [0.4, 0.5) is 5.82 Å². The van der Waals surface area contributed by atoms with Crippen molar-refractivity contribution in [3.05, 3.63) is 22.9 Å². The number of nitrogens with one attached hydrogen (secondary N) is 2. The quantitative estimate of drug-likeness (QED) is 0.832. The number of hydrogen-bond donors (Lipinski definition) is 2. The lowest BCUT2D eigenvalue weighted by molar-refractivity contribution is 0.226. The summed E-state index contributed by atoms with van der Waals surface area (Å²) in [6, 6.07) is 2.21. The van der Waals surface area contributed by atoms with E-state index in [0.717, 1.165) is 25.3 Å². The maximum absolute atomic E-state index is 11.3. The molecule has 1 fully saturated rings. The van der Waals surface area contributed by atoms with Crippen LogP contribution in [0.2, 0.25) is 0 Å². The molecule has 1 saturated heterocycles. The molecule has 7 nitrogen and oxygen atoms in total. The number of fused-ring (bicyclic) bond motifs is 1. The molecule has 1 unspecified atom stereocenters. The summed E-state index contributed by atoms with van der Waals surface area (Å²) >= 11 is 0. The number of nitrogens with zero attached hydrogens (tertiary/aromatic N) is 4. The van der Waals surface area contributed by atoms with Gasteiger partial charge in [0, 0.05) is 18.7 Å². The first-order chi connectivity index (χ1) is 9.26. The predicted octanol–water partition coefficient (Wildman–Crippen LogP) is 0.314. The summed E-state index contributed by atoms with van der Waals surface area (Å²) in [5.74, 6) is 0.773. The second kappa shape index (κ2) is 5.00. The number of anilines is 1. The average molecular weight is 262 g/mol. The minimum absolute atomic E-state index is 0.260. The number of H-pyrrole nitrogens is 1. The maximum Gasteiger partial charge on any atom is 0.348 e. The molecule has 0 spiro atoms. The molecule has 0 saturated carbocycles. The molecule has 0 aliphatic carbocycles. The number of likely N-dealkylation sites (tertiary alicyclic amines) is 1. The molecule has 0 aromatic carbocycles. The van der Waals surface area contributed by atoms with E-state index in [1.165, 1.54) is 23.7 Å². The van der Waals surface area contributed by atoms with Crippen LogP contribution >= 0.6 is 0 Å². The topological polar surface area (TPSA) is 78.3 Å². The Morgan fingerprint density at radius 2 is 2.47 bits per heavy atom. The van der Waals surface area contributed by atoms with E-state index in [2.05, 4.69) is 32.3 Å². The summed E-state index contributed by atoms with van der Waals surface area (Å²) in [5, 5.41) is 9.77. The van der Waals surface area contributed by atoms with Gasteiger partial charge >= 0.3 is 5.69 Å². The van der Waals surface area contributed by atoms with Crippen molar-refractivity contribution in [1.82, 2.24) is 24.5 Å². The van der Waals surface area contributed by atoms with Gasteiger partial charge in [0.25, 0.3) is 0 Å². The van der Waals surface area contributed by atoms with E-state index in [4.69, 9.17) is 0 Å². The fourth-order valence-electron chi connectivity index (χ4n) is 2.56. The molecule has 19 heavy (non-hydrogen) atoms. The summed E-state index contributed by atoms with van der Waals surface area (Å²) < 4.78 is 1.39. The molecule has 7 heteroatoms. The van der Waals surface area contributed by atoms with E-state index in [-0.39, 0.29) is 5.69 Å². The highest BCUT2D eigenvalue weighted by Gasteiger charge is 2.18. The van der Waals surface area contributed by atoms with Crippen LogP contribution in [0.3, 0.4) is 0 Å². The van der Waals surface area contributed by atoms with Crippen molar-refractivity contribution in [2.45, 2.75) is 25.8 Å². The van der Waals surface area contributed by atoms with Crippen molar-refractivity contribution in [2.24, 2.45) is 0 Å². The maximum atomic E-state index is 11.3. The first kappa shape index (κ1) is 12.2. The Bertz CT molecular complexity index is 618. The molecule has 0 radical (unpaired) electrons. The average Bonchev–Trinajstić information content (AvgIpc) is 2.80. The third-order valence-electron chi connectivity index (χ3n) is 3.61. The molecular weight excluding hydrogens is 244 g/mol. The molecule has 1 aliphatic heterocycles. The molecular formula is C12H18N6O. The standard InChI is InChI=1S/C12H18N6O/c1-2-17-5-3-4-9(7-17)14-10-6-11-15-16-12(19)18(11)8-13-10/h6,8-9,14H,2-5,7H2,1H3,(H,16,19). The van der Waals surface area contributed by atoms with Crippen molar-refractivity contribution in [2.75, 3.05) is 25.0 Å². The van der Waals surface area contributed by atoms with E-state index in [1.54, 1.807) is 6.07 Å². The second-order valence-electron chi connectivity index (χ2n) is 4.91. The van der Waals surface area contributed by atoms with Gasteiger partial charge in [-0.1, -0.05) is 6.92 Å². The van der Waals surface area contributed by atoms with Crippen molar-refractivity contribution >= 4 is 11.5 Å². The normalized spacial score (nSPS) is 20.8. The van der Waals surface area contributed by atoms with E-state index in [0.29, 0.717) is 11.7 Å². The van der Waals surface area contributed by atoms with Gasteiger partial charge in [-0.2, -0.15) is 5.10 Å². The third kappa shape index (κ3) is 2.46. The lowest BCUT2D eigenvalue weighted by atomic mass is 10.1. The number of aromatic amines is 1. The van der Waals surface area contributed by atoms with Gasteiger partial charge in [0.05, 0.1) is 0 Å². The van der Waals surface area contributed by atoms with Crippen molar-refractivity contribution in [3.63, 3.8) is 0 Å². The van der Waals surface area contributed by atoms with Crippen LogP contribution in [0.5, 0.6) is 0 Å². The molecule has 0 amide bonds. The van der Waals surface area contributed by atoms with Gasteiger partial charge in [-0.05, 0) is 25.9 Å². The van der Waals surface area contributed by atoms with Gasteiger partial charge in [0.1, 0.15) is 12.1 Å². The zero-order valence-corrected chi connectivity index (χ0v) is 11.0. The largest absolute Gasteiger partial charge is 0.366 e. The minimum Gasteiger partial charge on any atom is -0.366 e. The Kier molecular flexibility index (Phi) is 3.20. The van der Waals surface area contributed by atoms with Crippen LogP contribution in [0.1, 0.15) is 19.8 Å². The van der Waals surface area contributed by atoms with Crippen LogP contribution in [-0.2, 0) is 0 Å². The molecule has 102 valence electrons. The van der Waals surface area contributed by atoms with Crippen LogP contribution in [0.25, 0.3) is 5.65 Å². The summed E-state index contributed by atoms with van der Waals surface area (Å²) in [4.78, 5) is 18.0. The molecule has 2 N–H and O–H groups in total. The first-order valence-electron chi connectivity index (χ1n) is 6.68. The molecule has 3 heterocycles. The molecule has 1 atom stereocenters. The lowest BCUT2D eigenvalue weighted by Gasteiger charge is -2.32. The Balaban J connectivity index is 1.75. The predicted molar refractivity (Wildman–Crippen MR) is 72.4 cm³/mol. The third-order valence-corrected chi connectivity index (χ3v) is 3.61. The first-order valence-corrected chi connectivity index (χ1v) is 6.68. The number of likely N-dealkylation sites (N-methyl/N-ethyl adjacent to an activating group) is 1. The van der Waals surface area contributed by atoms with Crippen LogP contribution in [0, 0.1) is 0 Å². The van der Waals surface area contributed by atoms with E-state index in [1.807, 2.05) is 0 Å². The Morgan fingerprint density at radius 3 is 3.32 bits per heavy atom. The van der Waals surface area contributed by atoms with Crippen LogP contribution < -0.4 is 11.0 Å². The molecule has 0 bridgehead atoms. The monoisotopic (exact) mass is 262 g/mol. The lowest BCUT2D eigenvalue weighted by Crippen LogP contribution is -2.42. The van der Waals surface area contributed by atoms with Crippen LogP contribution in [0.15, 0.2) is 17.2 Å². The van der Waals surface area contributed by atoms with E-state index < -0.39 is 0 Å². The highest BCUT2D eigenvalue weighted by atomic mass is 16.1. The van der Waals surface area contributed by atoms with Gasteiger partial charge in [0.2, 0.25) is 0 Å². The fraction of sp³-hybridized carbons (Fsp3) is 0.583. The van der Waals surface area contributed by atoms with Gasteiger partial charge in [-0.3, -0.25) is 0 Å². The molecule has 1 aliphatic rings. The van der Waals surface area contributed by atoms with Crippen molar-refractivity contribution in [1.29, 1.82) is 0 Å². The van der Waals surface area contributed by atoms with Crippen molar-refractivity contribution < 1.29 is 0 Å². The smallest absolute Gasteiger partial charge is 0.348 e. The Hall–Kier alpha value is -1.89.